The van der Waals surface area contributed by atoms with E-state index in [0.29, 0.717) is 13.2 Å². The summed E-state index contributed by atoms with van der Waals surface area (Å²) in [5, 5.41) is 10.9. The first-order chi connectivity index (χ1) is 30.4. The average Bonchev–Trinajstić information content (AvgIpc) is 3.96. The predicted molar refractivity (Wildman–Crippen MR) is 226 cm³/mol. The van der Waals surface area contributed by atoms with Gasteiger partial charge >= 0.3 is 0 Å². The highest BCUT2D eigenvalue weighted by Gasteiger charge is 2.59. The van der Waals surface area contributed by atoms with Crippen LogP contribution in [-0.2, 0) is 74.8 Å². The van der Waals surface area contributed by atoms with Gasteiger partial charge in [0.15, 0.2) is 30.9 Å². The molecule has 9 rings (SSSR count). The van der Waals surface area contributed by atoms with Crippen LogP contribution >= 0.6 is 0 Å². The summed E-state index contributed by atoms with van der Waals surface area (Å²) in [5.74, 6) is -1.51. The third-order valence-corrected chi connectivity index (χ3v) is 13.2. The Kier molecular flexibility index (Phi) is 14.0. The summed E-state index contributed by atoms with van der Waals surface area (Å²) < 4.78 is 85.5. The van der Waals surface area contributed by atoms with Crippen LogP contribution in [0.1, 0.15) is 71.4 Å². The molecular formula is C49H64O14. The van der Waals surface area contributed by atoms with E-state index in [9.17, 15) is 5.11 Å². The first-order valence-electron chi connectivity index (χ1n) is 22.6. The minimum atomic E-state index is -0.944. The van der Waals surface area contributed by atoms with Crippen LogP contribution in [0.4, 0.5) is 0 Å². The molecule has 63 heavy (non-hydrogen) atoms. The molecule has 6 heterocycles. The highest BCUT2D eigenvalue weighted by atomic mass is 16.8. The van der Waals surface area contributed by atoms with Crippen molar-refractivity contribution in [2.75, 3.05) is 13.2 Å². The van der Waals surface area contributed by atoms with Gasteiger partial charge in [0.25, 0.3) is 0 Å². The molecule has 19 atom stereocenters. The highest BCUT2D eigenvalue weighted by molar-refractivity contribution is 5.18. The number of hydrogen-bond donors (Lipinski definition) is 1. The predicted octanol–water partition coefficient (Wildman–Crippen LogP) is 6.21. The molecule has 0 saturated carbocycles. The molecule has 3 aromatic rings. The number of fused-ring (bicyclic) bond motifs is 2. The lowest BCUT2D eigenvalue weighted by atomic mass is 9.88. The molecule has 6 aliphatic heterocycles. The summed E-state index contributed by atoms with van der Waals surface area (Å²) in [6, 6.07) is 29.9. The number of benzene rings is 3. The number of aliphatic hydroxyl groups is 1. The number of ether oxygens (including phenoxy) is 13. The molecule has 14 heteroatoms. The monoisotopic (exact) mass is 876 g/mol. The van der Waals surface area contributed by atoms with Gasteiger partial charge in [0, 0.05) is 17.4 Å². The molecule has 0 spiro atoms. The Morgan fingerprint density at radius 3 is 1.87 bits per heavy atom. The highest BCUT2D eigenvalue weighted by Crippen LogP contribution is 2.45. The van der Waals surface area contributed by atoms with Gasteiger partial charge in [0.2, 0.25) is 0 Å². The van der Waals surface area contributed by atoms with E-state index in [1.54, 1.807) is 0 Å². The molecule has 344 valence electrons. The summed E-state index contributed by atoms with van der Waals surface area (Å²) in [4.78, 5) is 0. The van der Waals surface area contributed by atoms with E-state index in [1.165, 1.54) is 0 Å². The Bertz CT molecular complexity index is 1890. The molecule has 14 nitrogen and oxygen atoms in total. The summed E-state index contributed by atoms with van der Waals surface area (Å²) in [6.45, 7) is 14.8. The second kappa shape index (κ2) is 19.5. The molecule has 0 amide bonds. The summed E-state index contributed by atoms with van der Waals surface area (Å²) in [5.41, 5.74) is 3.00. The van der Waals surface area contributed by atoms with Crippen LogP contribution in [-0.4, -0.2) is 122 Å². The first-order valence-corrected chi connectivity index (χ1v) is 22.6. The quantitative estimate of drug-likeness (QED) is 0.196. The molecule has 0 bridgehead atoms. The van der Waals surface area contributed by atoms with E-state index in [0.717, 1.165) is 16.7 Å². The summed E-state index contributed by atoms with van der Waals surface area (Å²) in [7, 11) is 0. The van der Waals surface area contributed by atoms with Crippen molar-refractivity contribution in [2.45, 2.75) is 172 Å². The molecule has 6 fully saturated rings. The van der Waals surface area contributed by atoms with E-state index < -0.39 is 98.1 Å². The van der Waals surface area contributed by atoms with E-state index in [4.69, 9.17) is 61.6 Å². The molecule has 0 aromatic heterocycles. The van der Waals surface area contributed by atoms with Crippen molar-refractivity contribution < 1.29 is 66.7 Å². The second-order valence-corrected chi connectivity index (χ2v) is 18.4. The van der Waals surface area contributed by atoms with Crippen molar-refractivity contribution in [1.29, 1.82) is 0 Å². The third kappa shape index (κ3) is 9.96. The van der Waals surface area contributed by atoms with Gasteiger partial charge < -0.3 is 66.7 Å². The lowest BCUT2D eigenvalue weighted by Crippen LogP contribution is -2.62. The van der Waals surface area contributed by atoms with Crippen molar-refractivity contribution >= 4 is 0 Å². The number of rotatable bonds is 14. The van der Waals surface area contributed by atoms with Crippen LogP contribution < -0.4 is 0 Å². The molecule has 6 saturated heterocycles. The van der Waals surface area contributed by atoms with Gasteiger partial charge in [0.05, 0.1) is 63.1 Å². The van der Waals surface area contributed by atoms with Crippen LogP contribution in [0.2, 0.25) is 0 Å². The molecular weight excluding hydrogens is 813 g/mol. The topological polar surface area (TPSA) is 140 Å². The van der Waals surface area contributed by atoms with Gasteiger partial charge in [0.1, 0.15) is 42.7 Å². The summed E-state index contributed by atoms with van der Waals surface area (Å²) in [6.07, 6.45) is -9.48. The van der Waals surface area contributed by atoms with Crippen molar-refractivity contribution in [1.82, 2.24) is 0 Å². The van der Waals surface area contributed by atoms with E-state index in [-0.39, 0.29) is 37.3 Å². The maximum Gasteiger partial charge on any atom is 0.187 e. The first kappa shape index (κ1) is 45.3. The SMILES string of the molecule is CC1C(O[C@@H]2O[C@H](COCc3ccccc3)[C@@H]3O[C@@H](c4ccccc4)OC23)[C@H](OCc2ccccc2)CO[C@H]1O[C@H]1C(C)O[C@@H](OC2C(C)[C@@H](O)C(C)O[C@H]2C)C2OC(C)(C)OC21. The Morgan fingerprint density at radius 2 is 1.16 bits per heavy atom. The smallest absolute Gasteiger partial charge is 0.187 e. The van der Waals surface area contributed by atoms with Crippen molar-refractivity contribution in [2.24, 2.45) is 11.8 Å². The van der Waals surface area contributed by atoms with E-state index >= 15 is 0 Å². The van der Waals surface area contributed by atoms with Crippen LogP contribution in [0, 0.1) is 11.8 Å². The lowest BCUT2D eigenvalue weighted by molar-refractivity contribution is -0.348. The zero-order valence-corrected chi connectivity index (χ0v) is 37.2. The fourth-order valence-electron chi connectivity index (χ4n) is 9.88. The van der Waals surface area contributed by atoms with Crippen LogP contribution in [0.15, 0.2) is 91.0 Å². The van der Waals surface area contributed by atoms with Gasteiger partial charge in [-0.25, -0.2) is 0 Å². The zero-order chi connectivity index (χ0) is 43.8. The normalized spacial score (nSPS) is 42.2. The standard InChI is InChI=1S/C49H64O14/c1-27-37(50)29(3)54-30(4)38(27)57-48-44-42(62-49(6,7)63-44)40(31(5)55-48)59-45-28(2)39(35(26-53-45)52-24-33-19-13-9-14-20-33)58-47-43-41(60-46(61-43)34-21-15-10-16-22-34)36(56-47)25-51-23-32-17-11-8-12-18-32/h8-22,27-31,35-48,50H,23-26H2,1-7H3/t27?,28?,29?,30-,31?,35+,36+,37+,38?,39?,40-,41-,42?,43?,44?,45-,46+,47-,48-/m0/s1. The van der Waals surface area contributed by atoms with Gasteiger partial charge in [-0.15, -0.1) is 0 Å². The van der Waals surface area contributed by atoms with Gasteiger partial charge in [-0.3, -0.25) is 0 Å². The van der Waals surface area contributed by atoms with Crippen LogP contribution in [0.25, 0.3) is 0 Å². The van der Waals surface area contributed by atoms with E-state index in [1.807, 2.05) is 139 Å². The van der Waals surface area contributed by atoms with Crippen molar-refractivity contribution in [3.05, 3.63) is 108 Å². The Hall–Kier alpha value is -2.90. The third-order valence-electron chi connectivity index (χ3n) is 13.2. The Balaban J connectivity index is 0.930. The maximum atomic E-state index is 10.9. The fraction of sp³-hybridized carbons (Fsp3) is 0.633. The van der Waals surface area contributed by atoms with E-state index in [2.05, 4.69) is 0 Å². The van der Waals surface area contributed by atoms with Crippen molar-refractivity contribution in [3.8, 4) is 0 Å². The van der Waals surface area contributed by atoms with Gasteiger partial charge in [-0.2, -0.15) is 0 Å². The largest absolute Gasteiger partial charge is 0.390 e. The molecule has 0 aliphatic carbocycles. The number of aliphatic hydroxyl groups excluding tert-OH is 1. The Labute approximate surface area is 370 Å². The van der Waals surface area contributed by atoms with Gasteiger partial charge in [-0.1, -0.05) is 105 Å². The lowest BCUT2D eigenvalue weighted by Gasteiger charge is -2.48. The minimum Gasteiger partial charge on any atom is -0.390 e. The molecule has 1 N–H and O–H groups in total. The fourth-order valence-corrected chi connectivity index (χ4v) is 9.88. The minimum absolute atomic E-state index is 0.184. The van der Waals surface area contributed by atoms with Crippen LogP contribution in [0.3, 0.4) is 0 Å². The summed E-state index contributed by atoms with van der Waals surface area (Å²) >= 11 is 0. The molecule has 0 radical (unpaired) electrons. The number of hydrogen-bond acceptors (Lipinski definition) is 14. The van der Waals surface area contributed by atoms with Crippen molar-refractivity contribution in [3.63, 3.8) is 0 Å². The molecule has 3 aromatic carbocycles. The van der Waals surface area contributed by atoms with Gasteiger partial charge in [-0.05, 0) is 45.7 Å². The zero-order valence-electron chi connectivity index (χ0n) is 37.2. The maximum absolute atomic E-state index is 10.9. The molecule has 9 unspecified atom stereocenters. The van der Waals surface area contributed by atoms with Crippen LogP contribution in [0.5, 0.6) is 0 Å². The Morgan fingerprint density at radius 1 is 0.571 bits per heavy atom. The average molecular weight is 877 g/mol. The second-order valence-electron chi connectivity index (χ2n) is 18.4. The molecule has 6 aliphatic rings.